The van der Waals surface area contributed by atoms with Crippen LogP contribution < -0.4 is 15.8 Å². The van der Waals surface area contributed by atoms with Gasteiger partial charge in [0, 0.05) is 47.8 Å². The molecule has 0 bridgehead atoms. The van der Waals surface area contributed by atoms with E-state index in [0.717, 1.165) is 36.6 Å². The number of morpholine rings is 1. The van der Waals surface area contributed by atoms with Crippen LogP contribution in [0.15, 0.2) is 71.8 Å². The molecule has 6 nitrogen and oxygen atoms in total. The SMILES string of the molecule is O=c1[nH]cc(-c2cccc(C(F)(F)F)c2)c2ccnc(Nc3ccc(N4CCOCC4)cc3)c12. The predicted molar refractivity (Wildman–Crippen MR) is 126 cm³/mol. The predicted octanol–water partition coefficient (Wildman–Crippen LogP) is 5.19. The molecule has 34 heavy (non-hydrogen) atoms. The molecule has 0 amide bonds. The Morgan fingerprint density at radius 2 is 1.79 bits per heavy atom. The van der Waals surface area contributed by atoms with Crippen molar-refractivity contribution in [1.82, 2.24) is 9.97 Å². The van der Waals surface area contributed by atoms with E-state index >= 15 is 0 Å². The van der Waals surface area contributed by atoms with E-state index in [-0.39, 0.29) is 10.9 Å². The van der Waals surface area contributed by atoms with Gasteiger partial charge in [-0.2, -0.15) is 13.2 Å². The molecule has 2 aromatic carbocycles. The lowest BCUT2D eigenvalue weighted by atomic mass is 9.99. The van der Waals surface area contributed by atoms with E-state index in [2.05, 4.69) is 20.2 Å². The molecule has 1 aliphatic heterocycles. The zero-order chi connectivity index (χ0) is 23.7. The van der Waals surface area contributed by atoms with Crippen LogP contribution in [0.3, 0.4) is 0 Å². The highest BCUT2D eigenvalue weighted by molar-refractivity contribution is 6.01. The Morgan fingerprint density at radius 1 is 1.03 bits per heavy atom. The molecule has 0 unspecified atom stereocenters. The number of aromatic amines is 1. The number of anilines is 3. The van der Waals surface area contributed by atoms with Gasteiger partial charge in [-0.15, -0.1) is 0 Å². The van der Waals surface area contributed by atoms with E-state index in [1.54, 1.807) is 12.1 Å². The summed E-state index contributed by atoms with van der Waals surface area (Å²) in [4.78, 5) is 21.9. The smallest absolute Gasteiger partial charge is 0.378 e. The first-order valence-corrected chi connectivity index (χ1v) is 10.8. The summed E-state index contributed by atoms with van der Waals surface area (Å²) >= 11 is 0. The van der Waals surface area contributed by atoms with E-state index < -0.39 is 11.7 Å². The van der Waals surface area contributed by atoms with Crippen molar-refractivity contribution in [2.24, 2.45) is 0 Å². The number of pyridine rings is 2. The number of halogens is 3. The molecule has 0 saturated carbocycles. The summed E-state index contributed by atoms with van der Waals surface area (Å²) in [6.07, 6.45) is -1.50. The fraction of sp³-hybridized carbons (Fsp3) is 0.200. The summed E-state index contributed by atoms with van der Waals surface area (Å²) in [5.41, 5.74) is 1.51. The molecule has 174 valence electrons. The third-order valence-electron chi connectivity index (χ3n) is 5.82. The number of ether oxygens (including phenoxy) is 1. The van der Waals surface area contributed by atoms with E-state index in [1.165, 1.54) is 18.5 Å². The lowest BCUT2D eigenvalue weighted by Crippen LogP contribution is -2.36. The Hall–Kier alpha value is -3.85. The van der Waals surface area contributed by atoms with Crippen molar-refractivity contribution in [3.05, 3.63) is 82.9 Å². The van der Waals surface area contributed by atoms with E-state index in [4.69, 9.17) is 4.74 Å². The minimum absolute atomic E-state index is 0.273. The summed E-state index contributed by atoms with van der Waals surface area (Å²) in [7, 11) is 0. The van der Waals surface area contributed by atoms with Crippen molar-refractivity contribution in [2.45, 2.75) is 6.18 Å². The number of nitrogens with zero attached hydrogens (tertiary/aromatic N) is 2. The van der Waals surface area contributed by atoms with Crippen molar-refractivity contribution in [3.8, 4) is 11.1 Å². The Labute approximate surface area is 193 Å². The fourth-order valence-electron chi connectivity index (χ4n) is 4.11. The van der Waals surface area contributed by atoms with Crippen LogP contribution in [0.5, 0.6) is 0 Å². The number of nitrogens with one attached hydrogen (secondary N) is 2. The van der Waals surface area contributed by atoms with Gasteiger partial charge in [-0.3, -0.25) is 4.79 Å². The summed E-state index contributed by atoms with van der Waals surface area (Å²) in [5, 5.41) is 3.96. The quantitative estimate of drug-likeness (QED) is 0.433. The maximum atomic E-state index is 13.2. The van der Waals surface area contributed by atoms with Crippen molar-refractivity contribution < 1.29 is 17.9 Å². The van der Waals surface area contributed by atoms with E-state index in [9.17, 15) is 18.0 Å². The summed E-state index contributed by atoms with van der Waals surface area (Å²) in [6.45, 7) is 3.03. The molecule has 9 heteroatoms. The molecule has 2 aromatic heterocycles. The van der Waals surface area contributed by atoms with E-state index in [0.29, 0.717) is 35.5 Å². The molecular formula is C25H21F3N4O2. The molecule has 1 fully saturated rings. The Balaban J connectivity index is 1.51. The molecule has 0 spiro atoms. The standard InChI is InChI=1S/C25H21F3N4O2/c26-25(27,28)17-3-1-2-16(14-17)21-15-30-24(33)22-20(21)8-9-29-23(22)31-18-4-6-19(7-5-18)32-10-12-34-13-11-32/h1-9,14-15H,10-13H2,(H,29,31)(H,30,33). The van der Waals surface area contributed by atoms with Gasteiger partial charge < -0.3 is 19.9 Å². The van der Waals surface area contributed by atoms with Gasteiger partial charge in [0.05, 0.1) is 24.2 Å². The van der Waals surface area contributed by atoms with Gasteiger partial charge in [0.1, 0.15) is 5.82 Å². The maximum Gasteiger partial charge on any atom is 0.416 e. The number of fused-ring (bicyclic) bond motifs is 1. The zero-order valence-corrected chi connectivity index (χ0v) is 18.0. The highest BCUT2D eigenvalue weighted by atomic mass is 19.4. The lowest BCUT2D eigenvalue weighted by Gasteiger charge is -2.28. The molecule has 0 atom stereocenters. The van der Waals surface area contributed by atoms with Crippen LogP contribution >= 0.6 is 0 Å². The van der Waals surface area contributed by atoms with Crippen molar-refractivity contribution in [1.29, 1.82) is 0 Å². The Bertz CT molecular complexity index is 1380. The molecule has 2 N–H and O–H groups in total. The van der Waals surface area contributed by atoms with Crippen molar-refractivity contribution >= 4 is 28.0 Å². The van der Waals surface area contributed by atoms with Crippen LogP contribution in [0.1, 0.15) is 5.56 Å². The third kappa shape index (κ3) is 4.34. The number of H-pyrrole nitrogens is 1. The summed E-state index contributed by atoms with van der Waals surface area (Å²) in [6, 6.07) is 14.4. The second kappa shape index (κ2) is 8.83. The van der Waals surface area contributed by atoms with Crippen LogP contribution in [0, 0.1) is 0 Å². The van der Waals surface area contributed by atoms with Crippen molar-refractivity contribution in [3.63, 3.8) is 0 Å². The van der Waals surface area contributed by atoms with Gasteiger partial charge in [0.2, 0.25) is 0 Å². The van der Waals surface area contributed by atoms with Gasteiger partial charge >= 0.3 is 6.18 Å². The molecule has 1 saturated heterocycles. The third-order valence-corrected chi connectivity index (χ3v) is 5.82. The van der Waals surface area contributed by atoms with Crippen LogP contribution in [0.2, 0.25) is 0 Å². The number of hydrogen-bond donors (Lipinski definition) is 2. The second-order valence-corrected chi connectivity index (χ2v) is 7.96. The summed E-state index contributed by atoms with van der Waals surface area (Å²) in [5.74, 6) is 0.326. The van der Waals surface area contributed by atoms with Crippen molar-refractivity contribution in [2.75, 3.05) is 36.5 Å². The zero-order valence-electron chi connectivity index (χ0n) is 18.0. The molecule has 0 aliphatic carbocycles. The minimum atomic E-state index is -4.46. The molecular weight excluding hydrogens is 445 g/mol. The minimum Gasteiger partial charge on any atom is -0.378 e. The van der Waals surface area contributed by atoms with E-state index in [1.807, 2.05) is 24.3 Å². The Kier molecular flexibility index (Phi) is 5.70. The summed E-state index contributed by atoms with van der Waals surface area (Å²) < 4.78 is 45.1. The number of hydrogen-bond acceptors (Lipinski definition) is 5. The fourth-order valence-corrected chi connectivity index (χ4v) is 4.11. The highest BCUT2D eigenvalue weighted by Crippen LogP contribution is 2.35. The molecule has 0 radical (unpaired) electrons. The lowest BCUT2D eigenvalue weighted by molar-refractivity contribution is -0.137. The van der Waals surface area contributed by atoms with Gasteiger partial charge in [-0.25, -0.2) is 4.98 Å². The van der Waals surface area contributed by atoms with Gasteiger partial charge in [0.25, 0.3) is 5.56 Å². The van der Waals surface area contributed by atoms with Crippen LogP contribution in [0.4, 0.5) is 30.4 Å². The highest BCUT2D eigenvalue weighted by Gasteiger charge is 2.30. The average Bonchev–Trinajstić information content (AvgIpc) is 2.85. The van der Waals surface area contributed by atoms with Crippen LogP contribution in [-0.4, -0.2) is 36.3 Å². The normalized spacial score (nSPS) is 14.4. The first-order chi connectivity index (χ1) is 16.4. The number of aromatic nitrogens is 2. The second-order valence-electron chi connectivity index (χ2n) is 7.96. The number of alkyl halides is 3. The van der Waals surface area contributed by atoms with Gasteiger partial charge in [0.15, 0.2) is 0 Å². The maximum absolute atomic E-state index is 13.2. The first kappa shape index (κ1) is 22.0. The molecule has 4 aromatic rings. The molecule has 1 aliphatic rings. The van der Waals surface area contributed by atoms with Gasteiger partial charge in [-0.05, 0) is 48.0 Å². The molecule has 3 heterocycles. The number of rotatable bonds is 4. The van der Waals surface area contributed by atoms with Crippen LogP contribution in [0.25, 0.3) is 21.9 Å². The molecule has 5 rings (SSSR count). The van der Waals surface area contributed by atoms with Gasteiger partial charge in [-0.1, -0.05) is 12.1 Å². The first-order valence-electron chi connectivity index (χ1n) is 10.8. The van der Waals surface area contributed by atoms with Crippen LogP contribution in [-0.2, 0) is 10.9 Å². The average molecular weight is 466 g/mol. The Morgan fingerprint density at radius 3 is 2.53 bits per heavy atom. The topological polar surface area (TPSA) is 70.2 Å². The number of benzene rings is 2. The largest absolute Gasteiger partial charge is 0.416 e. The monoisotopic (exact) mass is 466 g/mol.